The standard InChI is InChI=1S/C22H20Cl2FN3O/c23-18-11-10-17(12-19(18)24)28-21(22(29)26-16-4-2-1-3-5-16)13-20(27-28)14-6-8-15(25)9-7-14/h6-13,16H,1-5H2,(H,26,29). The Labute approximate surface area is 178 Å². The van der Waals surface area contributed by atoms with Crippen molar-refractivity contribution in [1.29, 1.82) is 0 Å². The lowest BCUT2D eigenvalue weighted by molar-refractivity contribution is 0.0920. The normalized spacial score (nSPS) is 14.7. The van der Waals surface area contributed by atoms with Crippen LogP contribution in [0.1, 0.15) is 42.6 Å². The number of aromatic nitrogens is 2. The number of rotatable bonds is 4. The first kappa shape index (κ1) is 19.9. The van der Waals surface area contributed by atoms with Gasteiger partial charge in [-0.05, 0) is 61.4 Å². The van der Waals surface area contributed by atoms with Crippen molar-refractivity contribution in [3.63, 3.8) is 0 Å². The molecule has 29 heavy (non-hydrogen) atoms. The van der Waals surface area contributed by atoms with E-state index in [9.17, 15) is 9.18 Å². The van der Waals surface area contributed by atoms with E-state index in [1.165, 1.54) is 18.6 Å². The lowest BCUT2D eigenvalue weighted by Gasteiger charge is -2.22. The minimum atomic E-state index is -0.326. The quantitative estimate of drug-likeness (QED) is 0.546. The van der Waals surface area contributed by atoms with Gasteiger partial charge in [0.2, 0.25) is 0 Å². The highest BCUT2D eigenvalue weighted by molar-refractivity contribution is 6.42. The topological polar surface area (TPSA) is 46.9 Å². The van der Waals surface area contributed by atoms with Crippen LogP contribution in [-0.2, 0) is 0 Å². The van der Waals surface area contributed by atoms with Crippen LogP contribution < -0.4 is 5.32 Å². The number of carbonyl (C=O) groups is 1. The van der Waals surface area contributed by atoms with E-state index < -0.39 is 0 Å². The Morgan fingerprint density at radius 2 is 1.72 bits per heavy atom. The first-order valence-electron chi connectivity index (χ1n) is 9.63. The Balaban J connectivity index is 1.73. The summed E-state index contributed by atoms with van der Waals surface area (Å²) in [5.74, 6) is -0.517. The molecule has 1 N–H and O–H groups in total. The number of hydrogen-bond donors (Lipinski definition) is 1. The highest BCUT2D eigenvalue weighted by Gasteiger charge is 2.22. The maximum atomic E-state index is 13.3. The molecule has 4 rings (SSSR count). The summed E-state index contributed by atoms with van der Waals surface area (Å²) in [7, 11) is 0. The molecule has 0 unspecified atom stereocenters. The number of amides is 1. The third-order valence-electron chi connectivity index (χ3n) is 5.17. The van der Waals surface area contributed by atoms with Crippen LogP contribution in [0.5, 0.6) is 0 Å². The monoisotopic (exact) mass is 431 g/mol. The second-order valence-corrected chi connectivity index (χ2v) is 8.05. The maximum absolute atomic E-state index is 13.3. The van der Waals surface area contributed by atoms with E-state index in [1.807, 2.05) is 0 Å². The molecule has 3 aromatic rings. The van der Waals surface area contributed by atoms with Gasteiger partial charge in [-0.3, -0.25) is 4.79 Å². The van der Waals surface area contributed by atoms with Crippen LogP contribution in [0.2, 0.25) is 10.0 Å². The van der Waals surface area contributed by atoms with Crippen LogP contribution in [0.4, 0.5) is 4.39 Å². The predicted octanol–water partition coefficient (Wildman–Crippen LogP) is 6.05. The molecule has 0 saturated heterocycles. The number of nitrogens with one attached hydrogen (secondary N) is 1. The largest absolute Gasteiger partial charge is 0.348 e. The molecule has 0 bridgehead atoms. The Hall–Kier alpha value is -2.37. The third kappa shape index (κ3) is 4.46. The summed E-state index contributed by atoms with van der Waals surface area (Å²) in [5.41, 5.74) is 2.32. The fraction of sp³-hybridized carbons (Fsp3) is 0.273. The summed E-state index contributed by atoms with van der Waals surface area (Å²) in [6.45, 7) is 0. The molecule has 1 aromatic heterocycles. The third-order valence-corrected chi connectivity index (χ3v) is 5.91. The molecule has 1 aliphatic carbocycles. The maximum Gasteiger partial charge on any atom is 0.270 e. The molecule has 7 heteroatoms. The Morgan fingerprint density at radius 3 is 2.41 bits per heavy atom. The van der Waals surface area contributed by atoms with Gasteiger partial charge in [0.15, 0.2) is 0 Å². The second-order valence-electron chi connectivity index (χ2n) is 7.24. The minimum Gasteiger partial charge on any atom is -0.348 e. The molecule has 1 fully saturated rings. The number of nitrogens with zero attached hydrogens (tertiary/aromatic N) is 2. The first-order chi connectivity index (χ1) is 14.0. The van der Waals surface area contributed by atoms with E-state index in [4.69, 9.17) is 23.2 Å². The smallest absolute Gasteiger partial charge is 0.270 e. The van der Waals surface area contributed by atoms with Gasteiger partial charge in [0.1, 0.15) is 11.5 Å². The molecule has 1 saturated carbocycles. The molecule has 1 amide bonds. The Morgan fingerprint density at radius 1 is 1.00 bits per heavy atom. The van der Waals surface area contributed by atoms with Crippen LogP contribution in [0.3, 0.4) is 0 Å². The molecule has 0 atom stereocenters. The number of halogens is 3. The molecule has 1 heterocycles. The summed E-state index contributed by atoms with van der Waals surface area (Å²) in [6.07, 6.45) is 5.42. The molecular formula is C22H20Cl2FN3O. The highest BCUT2D eigenvalue weighted by Crippen LogP contribution is 2.27. The number of carbonyl (C=O) groups excluding carboxylic acids is 1. The van der Waals surface area contributed by atoms with Crippen molar-refractivity contribution >= 4 is 29.1 Å². The predicted molar refractivity (Wildman–Crippen MR) is 113 cm³/mol. The summed E-state index contributed by atoms with van der Waals surface area (Å²) in [4.78, 5) is 13.1. The van der Waals surface area contributed by atoms with Gasteiger partial charge in [-0.1, -0.05) is 42.5 Å². The summed E-state index contributed by atoms with van der Waals surface area (Å²) < 4.78 is 14.9. The zero-order valence-corrected chi connectivity index (χ0v) is 17.2. The van der Waals surface area contributed by atoms with Gasteiger partial charge in [0, 0.05) is 11.6 Å². The van der Waals surface area contributed by atoms with Gasteiger partial charge < -0.3 is 5.32 Å². The van der Waals surface area contributed by atoms with E-state index >= 15 is 0 Å². The van der Waals surface area contributed by atoms with E-state index in [-0.39, 0.29) is 17.8 Å². The van der Waals surface area contributed by atoms with Gasteiger partial charge >= 0.3 is 0 Å². The van der Waals surface area contributed by atoms with Gasteiger partial charge in [-0.25, -0.2) is 9.07 Å². The van der Waals surface area contributed by atoms with E-state index in [0.29, 0.717) is 27.1 Å². The van der Waals surface area contributed by atoms with Crippen molar-refractivity contribution in [2.45, 2.75) is 38.1 Å². The molecule has 0 radical (unpaired) electrons. The van der Waals surface area contributed by atoms with Crippen LogP contribution in [-0.4, -0.2) is 21.7 Å². The van der Waals surface area contributed by atoms with E-state index in [2.05, 4.69) is 10.4 Å². The Kier molecular flexibility index (Phi) is 5.88. The second kappa shape index (κ2) is 8.56. The zero-order valence-electron chi connectivity index (χ0n) is 15.7. The van der Waals surface area contributed by atoms with E-state index in [0.717, 1.165) is 31.2 Å². The molecule has 2 aromatic carbocycles. The van der Waals surface area contributed by atoms with Crippen molar-refractivity contribution in [2.75, 3.05) is 0 Å². The summed E-state index contributed by atoms with van der Waals surface area (Å²) >= 11 is 12.2. The molecule has 0 aliphatic heterocycles. The molecule has 150 valence electrons. The van der Waals surface area contributed by atoms with Crippen molar-refractivity contribution in [3.05, 3.63) is 70.1 Å². The lowest BCUT2D eigenvalue weighted by atomic mass is 9.95. The molecular weight excluding hydrogens is 412 g/mol. The highest BCUT2D eigenvalue weighted by atomic mass is 35.5. The SMILES string of the molecule is O=C(NC1CCCCC1)c1cc(-c2ccc(F)cc2)nn1-c1ccc(Cl)c(Cl)c1. The lowest BCUT2D eigenvalue weighted by Crippen LogP contribution is -2.37. The molecule has 1 aliphatic rings. The molecule has 4 nitrogen and oxygen atoms in total. The summed E-state index contributed by atoms with van der Waals surface area (Å²) in [5, 5.41) is 8.53. The first-order valence-corrected chi connectivity index (χ1v) is 10.4. The Bertz CT molecular complexity index is 1030. The van der Waals surface area contributed by atoms with Crippen LogP contribution in [0.25, 0.3) is 16.9 Å². The number of hydrogen-bond acceptors (Lipinski definition) is 2. The average molecular weight is 432 g/mol. The van der Waals surface area contributed by atoms with Crippen LogP contribution in [0.15, 0.2) is 48.5 Å². The number of benzene rings is 2. The van der Waals surface area contributed by atoms with Gasteiger partial charge in [0.25, 0.3) is 5.91 Å². The van der Waals surface area contributed by atoms with E-state index in [1.54, 1.807) is 41.1 Å². The van der Waals surface area contributed by atoms with Crippen LogP contribution >= 0.6 is 23.2 Å². The molecule has 0 spiro atoms. The van der Waals surface area contributed by atoms with Gasteiger partial charge in [-0.15, -0.1) is 0 Å². The zero-order chi connectivity index (χ0) is 20.4. The van der Waals surface area contributed by atoms with Crippen molar-refractivity contribution in [2.24, 2.45) is 0 Å². The minimum absolute atomic E-state index is 0.169. The fourth-order valence-electron chi connectivity index (χ4n) is 3.62. The van der Waals surface area contributed by atoms with Gasteiger partial charge in [-0.2, -0.15) is 5.10 Å². The van der Waals surface area contributed by atoms with Gasteiger partial charge in [0.05, 0.1) is 21.4 Å². The van der Waals surface area contributed by atoms with Crippen molar-refractivity contribution in [3.8, 4) is 16.9 Å². The average Bonchev–Trinajstić information content (AvgIpc) is 3.17. The van der Waals surface area contributed by atoms with Crippen LogP contribution in [0, 0.1) is 5.82 Å². The van der Waals surface area contributed by atoms with Crippen molar-refractivity contribution < 1.29 is 9.18 Å². The fourth-order valence-corrected chi connectivity index (χ4v) is 3.92. The summed E-state index contributed by atoms with van der Waals surface area (Å²) in [6, 6.07) is 13.0. The van der Waals surface area contributed by atoms with Crippen molar-refractivity contribution in [1.82, 2.24) is 15.1 Å².